The molecule has 4 rings (SSSR count). The molecule has 0 unspecified atom stereocenters. The van der Waals surface area contributed by atoms with E-state index < -0.39 is 5.82 Å². The highest BCUT2D eigenvalue weighted by Crippen LogP contribution is 2.35. The summed E-state index contributed by atoms with van der Waals surface area (Å²) in [7, 11) is 0. The first kappa shape index (κ1) is 22.6. The zero-order valence-electron chi connectivity index (χ0n) is 18.4. The van der Waals surface area contributed by atoms with E-state index in [1.807, 2.05) is 18.4 Å². The van der Waals surface area contributed by atoms with Crippen LogP contribution in [0.25, 0.3) is 0 Å². The van der Waals surface area contributed by atoms with Gasteiger partial charge in [-0.1, -0.05) is 19.1 Å². The number of carbonyl (C=O) groups is 2. The molecule has 1 aliphatic heterocycles. The lowest BCUT2D eigenvalue weighted by molar-refractivity contribution is -0.135. The molecule has 32 heavy (non-hydrogen) atoms. The number of nitrogens with zero attached hydrogens (tertiary/aromatic N) is 2. The maximum atomic E-state index is 14.1. The normalized spacial score (nSPS) is 17.6. The number of ether oxygens (including phenoxy) is 1. The van der Waals surface area contributed by atoms with Gasteiger partial charge in [0.2, 0.25) is 5.91 Å². The van der Waals surface area contributed by atoms with Crippen LogP contribution in [0.2, 0.25) is 0 Å². The SMILES string of the molecule is CCCNC(=O)N(CC(=O)N1CCc2sccc2[C@H]1COc1ccccc1F)CC1CC1. The minimum Gasteiger partial charge on any atom is -0.488 e. The second-order valence-corrected chi connectivity index (χ2v) is 9.45. The zero-order chi connectivity index (χ0) is 22.5. The third-order valence-electron chi connectivity index (χ3n) is 5.96. The highest BCUT2D eigenvalue weighted by atomic mass is 32.1. The number of fused-ring (bicyclic) bond motifs is 1. The van der Waals surface area contributed by atoms with Gasteiger partial charge >= 0.3 is 6.03 Å². The molecule has 2 heterocycles. The van der Waals surface area contributed by atoms with Crippen LogP contribution >= 0.6 is 11.3 Å². The summed E-state index contributed by atoms with van der Waals surface area (Å²) in [4.78, 5) is 30.7. The number of thiophene rings is 1. The summed E-state index contributed by atoms with van der Waals surface area (Å²) < 4.78 is 19.9. The van der Waals surface area contributed by atoms with Gasteiger partial charge in [-0.25, -0.2) is 9.18 Å². The standard InChI is InChI=1S/C24H30FN3O3S/c1-2-11-26-24(30)27(14-17-7-8-17)15-23(29)28-12-9-22-18(10-13-32-22)20(28)16-31-21-6-4-3-5-19(21)25/h3-6,10,13,17,20H,2,7-9,11-12,14-16H2,1H3,(H,26,30)/t20-/m1/s1. The number of para-hydroxylation sites is 1. The molecule has 2 aromatic rings. The minimum atomic E-state index is -0.421. The topological polar surface area (TPSA) is 61.9 Å². The van der Waals surface area contributed by atoms with Gasteiger partial charge in [0.25, 0.3) is 0 Å². The Morgan fingerprint density at radius 2 is 2.09 bits per heavy atom. The Morgan fingerprint density at radius 3 is 2.84 bits per heavy atom. The highest BCUT2D eigenvalue weighted by molar-refractivity contribution is 7.10. The van der Waals surface area contributed by atoms with Crippen LogP contribution in [-0.2, 0) is 11.2 Å². The molecule has 8 heteroatoms. The molecule has 172 valence electrons. The molecule has 1 aliphatic carbocycles. The third-order valence-corrected chi connectivity index (χ3v) is 6.96. The predicted octanol–water partition coefficient (Wildman–Crippen LogP) is 4.22. The van der Waals surface area contributed by atoms with E-state index in [-0.39, 0.29) is 36.9 Å². The maximum absolute atomic E-state index is 14.1. The molecule has 0 bridgehead atoms. The second-order valence-electron chi connectivity index (χ2n) is 8.45. The lowest BCUT2D eigenvalue weighted by Crippen LogP contribution is -2.50. The Hall–Kier alpha value is -2.61. The molecule has 1 fully saturated rings. The zero-order valence-corrected chi connectivity index (χ0v) is 19.2. The van der Waals surface area contributed by atoms with Crippen molar-refractivity contribution in [2.24, 2.45) is 5.92 Å². The Labute approximate surface area is 192 Å². The van der Waals surface area contributed by atoms with Crippen LogP contribution < -0.4 is 10.1 Å². The average molecular weight is 460 g/mol. The first-order valence-corrected chi connectivity index (χ1v) is 12.2. The Morgan fingerprint density at radius 1 is 1.28 bits per heavy atom. The van der Waals surface area contributed by atoms with Crippen LogP contribution in [0.5, 0.6) is 5.75 Å². The number of nitrogens with one attached hydrogen (secondary N) is 1. The van der Waals surface area contributed by atoms with E-state index >= 15 is 0 Å². The van der Waals surface area contributed by atoms with Gasteiger partial charge in [-0.05, 0) is 60.7 Å². The summed E-state index contributed by atoms with van der Waals surface area (Å²) in [5.41, 5.74) is 1.05. The minimum absolute atomic E-state index is 0.0434. The lowest BCUT2D eigenvalue weighted by atomic mass is 10.0. The molecule has 3 amide bonds. The van der Waals surface area contributed by atoms with E-state index in [0.717, 1.165) is 31.2 Å². The quantitative estimate of drug-likeness (QED) is 0.611. The summed E-state index contributed by atoms with van der Waals surface area (Å²) in [6.45, 7) is 3.97. The smallest absolute Gasteiger partial charge is 0.317 e. The van der Waals surface area contributed by atoms with Gasteiger partial charge in [-0.2, -0.15) is 0 Å². The number of amides is 3. The first-order valence-electron chi connectivity index (χ1n) is 11.3. The molecule has 1 N–H and O–H groups in total. The van der Waals surface area contributed by atoms with Crippen molar-refractivity contribution < 1.29 is 18.7 Å². The number of benzene rings is 1. The molecule has 6 nitrogen and oxygen atoms in total. The van der Waals surface area contributed by atoms with Crippen molar-refractivity contribution in [2.45, 2.75) is 38.6 Å². The molecular formula is C24H30FN3O3S. The van der Waals surface area contributed by atoms with Crippen molar-refractivity contribution in [3.05, 3.63) is 52.0 Å². The van der Waals surface area contributed by atoms with Crippen molar-refractivity contribution in [1.29, 1.82) is 0 Å². The fraction of sp³-hybridized carbons (Fsp3) is 0.500. The fourth-order valence-corrected chi connectivity index (χ4v) is 4.96. The number of hydrogen-bond donors (Lipinski definition) is 1. The van der Waals surface area contributed by atoms with E-state index in [4.69, 9.17) is 4.74 Å². The molecule has 0 spiro atoms. The van der Waals surface area contributed by atoms with Gasteiger partial charge in [0, 0.05) is 24.5 Å². The van der Waals surface area contributed by atoms with Crippen LogP contribution in [0.3, 0.4) is 0 Å². The second kappa shape index (κ2) is 10.3. The number of carbonyl (C=O) groups excluding carboxylic acids is 2. The lowest BCUT2D eigenvalue weighted by Gasteiger charge is -2.37. The van der Waals surface area contributed by atoms with Gasteiger partial charge in [-0.15, -0.1) is 11.3 Å². The van der Waals surface area contributed by atoms with Gasteiger partial charge in [-0.3, -0.25) is 4.79 Å². The number of hydrogen-bond acceptors (Lipinski definition) is 4. The van der Waals surface area contributed by atoms with Crippen LogP contribution in [0.15, 0.2) is 35.7 Å². The molecule has 1 saturated carbocycles. The van der Waals surface area contributed by atoms with Crippen LogP contribution in [-0.4, -0.2) is 54.5 Å². The van der Waals surface area contributed by atoms with Gasteiger partial charge in [0.1, 0.15) is 13.2 Å². The molecule has 1 atom stereocenters. The van der Waals surface area contributed by atoms with E-state index in [0.29, 0.717) is 25.6 Å². The van der Waals surface area contributed by atoms with Crippen molar-refractivity contribution in [1.82, 2.24) is 15.1 Å². The molecule has 0 radical (unpaired) electrons. The van der Waals surface area contributed by atoms with Crippen molar-refractivity contribution >= 4 is 23.3 Å². The van der Waals surface area contributed by atoms with Crippen molar-refractivity contribution in [2.75, 3.05) is 32.8 Å². The summed E-state index contributed by atoms with van der Waals surface area (Å²) in [5, 5.41) is 4.92. The molecule has 1 aromatic carbocycles. The average Bonchev–Trinajstić information content (AvgIpc) is 3.48. The van der Waals surface area contributed by atoms with E-state index in [2.05, 4.69) is 5.32 Å². The van der Waals surface area contributed by atoms with Crippen LogP contribution in [0.4, 0.5) is 9.18 Å². The highest BCUT2D eigenvalue weighted by Gasteiger charge is 2.35. The van der Waals surface area contributed by atoms with E-state index in [1.54, 1.807) is 39.3 Å². The third kappa shape index (κ3) is 5.41. The van der Waals surface area contributed by atoms with Gasteiger partial charge < -0.3 is 19.9 Å². The first-order chi connectivity index (χ1) is 15.6. The van der Waals surface area contributed by atoms with E-state index in [9.17, 15) is 14.0 Å². The maximum Gasteiger partial charge on any atom is 0.317 e. The molecule has 0 saturated heterocycles. The number of urea groups is 1. The predicted molar refractivity (Wildman–Crippen MR) is 122 cm³/mol. The van der Waals surface area contributed by atoms with Crippen molar-refractivity contribution in [3.8, 4) is 5.75 Å². The van der Waals surface area contributed by atoms with Gasteiger partial charge in [0.05, 0.1) is 6.04 Å². The Bertz CT molecular complexity index is 946. The summed E-state index contributed by atoms with van der Waals surface area (Å²) >= 11 is 1.67. The summed E-state index contributed by atoms with van der Waals surface area (Å²) in [5.74, 6) is 0.142. The molecular weight excluding hydrogens is 429 g/mol. The summed E-state index contributed by atoms with van der Waals surface area (Å²) in [6, 6.07) is 7.83. The number of rotatable bonds is 9. The van der Waals surface area contributed by atoms with E-state index in [1.165, 1.54) is 10.9 Å². The van der Waals surface area contributed by atoms with Crippen LogP contribution in [0, 0.1) is 11.7 Å². The Kier molecular flexibility index (Phi) is 7.29. The number of halogens is 1. The van der Waals surface area contributed by atoms with Gasteiger partial charge in [0.15, 0.2) is 11.6 Å². The summed E-state index contributed by atoms with van der Waals surface area (Å²) in [6.07, 6.45) is 3.83. The fourth-order valence-electron chi connectivity index (χ4n) is 4.03. The monoisotopic (exact) mass is 459 g/mol. The van der Waals surface area contributed by atoms with Crippen molar-refractivity contribution in [3.63, 3.8) is 0 Å². The largest absolute Gasteiger partial charge is 0.488 e. The molecule has 1 aromatic heterocycles. The Balaban J connectivity index is 1.48. The van der Waals surface area contributed by atoms with Crippen LogP contribution in [0.1, 0.15) is 42.7 Å². The molecule has 2 aliphatic rings.